The van der Waals surface area contributed by atoms with Crippen molar-refractivity contribution in [2.24, 2.45) is 11.3 Å². The molecule has 0 bridgehead atoms. The van der Waals surface area contributed by atoms with Gasteiger partial charge in [0.05, 0.1) is 0 Å². The van der Waals surface area contributed by atoms with E-state index in [1.807, 2.05) is 0 Å². The van der Waals surface area contributed by atoms with Gasteiger partial charge in [-0.1, -0.05) is 26.7 Å². The van der Waals surface area contributed by atoms with Crippen LogP contribution in [0, 0.1) is 11.3 Å². The normalized spacial score (nSPS) is 27.8. The first-order valence-electron chi connectivity index (χ1n) is 7.57. The Morgan fingerprint density at radius 2 is 2.06 bits per heavy atom. The van der Waals surface area contributed by atoms with E-state index in [9.17, 15) is 4.79 Å². The highest BCUT2D eigenvalue weighted by molar-refractivity contribution is 5.83. The summed E-state index contributed by atoms with van der Waals surface area (Å²) in [6, 6.07) is 0.357. The van der Waals surface area contributed by atoms with Gasteiger partial charge < -0.3 is 10.2 Å². The summed E-state index contributed by atoms with van der Waals surface area (Å²) in [6.45, 7) is 9.45. The first-order valence-corrected chi connectivity index (χ1v) is 7.57. The molecule has 0 aromatic heterocycles. The second kappa shape index (κ2) is 5.60. The average Bonchev–Trinajstić information content (AvgIpc) is 2.77. The SMILES string of the molecule is CC(C)CC1(C(=O)N2CCNCC2C)CCCC1. The Balaban J connectivity index is 2.12. The summed E-state index contributed by atoms with van der Waals surface area (Å²) in [7, 11) is 0. The molecule has 1 saturated carbocycles. The van der Waals surface area contributed by atoms with E-state index < -0.39 is 0 Å². The Bertz CT molecular complexity index is 295. The van der Waals surface area contributed by atoms with Crippen molar-refractivity contribution in [3.8, 4) is 0 Å². The molecule has 1 unspecified atom stereocenters. The maximum Gasteiger partial charge on any atom is 0.229 e. The van der Waals surface area contributed by atoms with Crippen LogP contribution in [0.25, 0.3) is 0 Å². The van der Waals surface area contributed by atoms with E-state index >= 15 is 0 Å². The topological polar surface area (TPSA) is 32.3 Å². The molecule has 1 aliphatic carbocycles. The average molecular weight is 252 g/mol. The summed E-state index contributed by atoms with van der Waals surface area (Å²) in [5, 5.41) is 3.37. The van der Waals surface area contributed by atoms with Crippen molar-refractivity contribution in [1.29, 1.82) is 0 Å². The zero-order chi connectivity index (χ0) is 13.2. The van der Waals surface area contributed by atoms with E-state index in [4.69, 9.17) is 0 Å². The van der Waals surface area contributed by atoms with Crippen molar-refractivity contribution in [2.75, 3.05) is 19.6 Å². The third kappa shape index (κ3) is 2.71. The van der Waals surface area contributed by atoms with E-state index in [2.05, 4.69) is 31.0 Å². The summed E-state index contributed by atoms with van der Waals surface area (Å²) in [4.78, 5) is 15.1. The molecule has 1 heterocycles. The van der Waals surface area contributed by atoms with E-state index in [-0.39, 0.29) is 5.41 Å². The van der Waals surface area contributed by atoms with Gasteiger partial charge in [0.2, 0.25) is 5.91 Å². The van der Waals surface area contributed by atoms with Crippen molar-refractivity contribution in [3.63, 3.8) is 0 Å². The highest BCUT2D eigenvalue weighted by Crippen LogP contribution is 2.45. The molecule has 0 aromatic carbocycles. The molecule has 104 valence electrons. The predicted molar refractivity (Wildman–Crippen MR) is 74.4 cm³/mol. The standard InChI is InChI=1S/C15H28N2O/c1-12(2)10-15(6-4-5-7-15)14(18)17-9-8-16-11-13(17)3/h12-13,16H,4-11H2,1-3H3. The minimum atomic E-state index is -0.0280. The van der Waals surface area contributed by atoms with Gasteiger partial charge in [-0.05, 0) is 32.1 Å². The lowest BCUT2D eigenvalue weighted by Crippen LogP contribution is -2.56. The number of rotatable bonds is 3. The third-order valence-corrected chi connectivity index (χ3v) is 4.58. The lowest BCUT2D eigenvalue weighted by molar-refractivity contribution is -0.146. The van der Waals surface area contributed by atoms with Gasteiger partial charge in [0.1, 0.15) is 0 Å². The highest BCUT2D eigenvalue weighted by Gasteiger charge is 2.44. The van der Waals surface area contributed by atoms with Gasteiger partial charge in [0.15, 0.2) is 0 Å². The molecule has 0 aromatic rings. The van der Waals surface area contributed by atoms with Crippen LogP contribution in [0.3, 0.4) is 0 Å². The van der Waals surface area contributed by atoms with Crippen LogP contribution in [0.2, 0.25) is 0 Å². The molecule has 1 aliphatic heterocycles. The van der Waals surface area contributed by atoms with Crippen molar-refractivity contribution >= 4 is 5.91 Å². The fourth-order valence-electron chi connectivity index (χ4n) is 3.79. The van der Waals surface area contributed by atoms with Gasteiger partial charge in [-0.3, -0.25) is 4.79 Å². The second-order valence-electron chi connectivity index (χ2n) is 6.64. The number of carbonyl (C=O) groups excluding carboxylic acids is 1. The molecule has 3 nitrogen and oxygen atoms in total. The van der Waals surface area contributed by atoms with Crippen LogP contribution < -0.4 is 5.32 Å². The number of amides is 1. The van der Waals surface area contributed by atoms with Crippen LogP contribution in [-0.2, 0) is 4.79 Å². The highest BCUT2D eigenvalue weighted by atomic mass is 16.2. The first-order chi connectivity index (χ1) is 8.55. The molecule has 1 atom stereocenters. The fourth-order valence-corrected chi connectivity index (χ4v) is 3.79. The van der Waals surface area contributed by atoms with Crippen molar-refractivity contribution < 1.29 is 4.79 Å². The Morgan fingerprint density at radius 1 is 1.39 bits per heavy atom. The largest absolute Gasteiger partial charge is 0.337 e. The van der Waals surface area contributed by atoms with Crippen molar-refractivity contribution in [1.82, 2.24) is 10.2 Å². The van der Waals surface area contributed by atoms with Crippen LogP contribution in [0.4, 0.5) is 0 Å². The summed E-state index contributed by atoms with van der Waals surface area (Å²) >= 11 is 0. The maximum absolute atomic E-state index is 13.0. The van der Waals surface area contributed by atoms with Crippen LogP contribution in [0.5, 0.6) is 0 Å². The number of hydrogen-bond acceptors (Lipinski definition) is 2. The molecular formula is C15H28N2O. The van der Waals surface area contributed by atoms with Crippen molar-refractivity contribution in [3.05, 3.63) is 0 Å². The van der Waals surface area contributed by atoms with Crippen LogP contribution in [0.1, 0.15) is 52.9 Å². The summed E-state index contributed by atoms with van der Waals surface area (Å²) < 4.78 is 0. The molecular weight excluding hydrogens is 224 g/mol. The van der Waals surface area contributed by atoms with Crippen LogP contribution in [0.15, 0.2) is 0 Å². The monoisotopic (exact) mass is 252 g/mol. The zero-order valence-electron chi connectivity index (χ0n) is 12.2. The second-order valence-corrected chi connectivity index (χ2v) is 6.64. The Hall–Kier alpha value is -0.570. The lowest BCUT2D eigenvalue weighted by atomic mass is 9.77. The first kappa shape index (κ1) is 13.9. The molecule has 1 saturated heterocycles. The van der Waals surface area contributed by atoms with Crippen LogP contribution in [-0.4, -0.2) is 36.5 Å². The van der Waals surface area contributed by atoms with Crippen LogP contribution >= 0.6 is 0 Å². The van der Waals surface area contributed by atoms with E-state index in [1.165, 1.54) is 12.8 Å². The van der Waals surface area contributed by atoms with Crippen molar-refractivity contribution in [2.45, 2.75) is 58.9 Å². The number of carbonyl (C=O) groups is 1. The smallest absolute Gasteiger partial charge is 0.229 e. The summed E-state index contributed by atoms with van der Waals surface area (Å²) in [6.07, 6.45) is 5.77. The minimum absolute atomic E-state index is 0.0280. The number of hydrogen-bond donors (Lipinski definition) is 1. The molecule has 0 radical (unpaired) electrons. The van der Waals surface area contributed by atoms with Gasteiger partial charge in [-0.15, -0.1) is 0 Å². The van der Waals surface area contributed by atoms with Gasteiger partial charge in [-0.25, -0.2) is 0 Å². The Morgan fingerprint density at radius 3 is 2.61 bits per heavy atom. The molecule has 1 N–H and O–H groups in total. The van der Waals surface area contributed by atoms with E-state index in [0.29, 0.717) is 17.9 Å². The van der Waals surface area contributed by atoms with Gasteiger partial charge >= 0.3 is 0 Å². The fraction of sp³-hybridized carbons (Fsp3) is 0.933. The van der Waals surface area contributed by atoms with Gasteiger partial charge in [0, 0.05) is 31.1 Å². The molecule has 0 spiro atoms. The molecule has 1 amide bonds. The maximum atomic E-state index is 13.0. The third-order valence-electron chi connectivity index (χ3n) is 4.58. The molecule has 3 heteroatoms. The van der Waals surface area contributed by atoms with E-state index in [1.54, 1.807) is 0 Å². The molecule has 2 fully saturated rings. The van der Waals surface area contributed by atoms with Gasteiger partial charge in [-0.2, -0.15) is 0 Å². The number of nitrogens with one attached hydrogen (secondary N) is 1. The van der Waals surface area contributed by atoms with Gasteiger partial charge in [0.25, 0.3) is 0 Å². The number of nitrogens with zero attached hydrogens (tertiary/aromatic N) is 1. The molecule has 2 rings (SSSR count). The zero-order valence-corrected chi connectivity index (χ0v) is 12.2. The van der Waals surface area contributed by atoms with E-state index in [0.717, 1.165) is 38.9 Å². The quantitative estimate of drug-likeness (QED) is 0.836. The summed E-state index contributed by atoms with van der Waals surface area (Å²) in [5.74, 6) is 1.06. The molecule has 2 aliphatic rings. The Kier molecular flexibility index (Phi) is 4.31. The Labute approximate surface area is 111 Å². The minimum Gasteiger partial charge on any atom is -0.337 e. The summed E-state index contributed by atoms with van der Waals surface area (Å²) in [5.41, 5.74) is -0.0280. The predicted octanol–water partition coefficient (Wildman–Crippen LogP) is 2.41. The molecule has 18 heavy (non-hydrogen) atoms. The lowest BCUT2D eigenvalue weighted by Gasteiger charge is -2.41. The number of piperazine rings is 1.